The molecule has 0 spiro atoms. The van der Waals surface area contributed by atoms with Crippen LogP contribution in [-0.2, 0) is 27.2 Å². The first-order chi connectivity index (χ1) is 23.7. The molecule has 1 radical (unpaired) electrons. The van der Waals surface area contributed by atoms with E-state index < -0.39 is 40.6 Å². The maximum absolute atomic E-state index is 13.7. The Labute approximate surface area is 296 Å². The third-order valence-corrected chi connectivity index (χ3v) is 7.08. The van der Waals surface area contributed by atoms with E-state index in [2.05, 4.69) is 36.8 Å². The average Bonchev–Trinajstić information content (AvgIpc) is 3.41. The van der Waals surface area contributed by atoms with Crippen LogP contribution in [0.25, 0.3) is 54.0 Å². The molecule has 0 bridgehead atoms. The number of aryl methyl sites for hydroxylation is 1. The number of aromatic nitrogens is 4. The molecule has 50 heavy (non-hydrogen) atoms. The molecule has 7 rings (SSSR count). The Morgan fingerprint density at radius 1 is 0.740 bits per heavy atom. The Kier molecular flexibility index (Phi) is 11.9. The number of pyridine rings is 3. The van der Waals surface area contributed by atoms with Gasteiger partial charge in [-0.3, -0.25) is 27.3 Å². The van der Waals surface area contributed by atoms with Gasteiger partial charge in [-0.15, -0.1) is 35.4 Å². The number of fused-ring (bicyclic) bond motifs is 3. The van der Waals surface area contributed by atoms with Gasteiger partial charge in [0, 0.05) is 79.1 Å². The van der Waals surface area contributed by atoms with E-state index in [1.807, 2.05) is 35.9 Å². The number of carbonyl (C=O) groups is 1. The molecular weight excluding hydrogens is 829 g/mol. The number of carboxylic acids is 1. The summed E-state index contributed by atoms with van der Waals surface area (Å²) >= 11 is 0. The number of para-hydroxylation sites is 1. The molecule has 0 saturated heterocycles. The second-order valence-electron chi connectivity index (χ2n) is 9.97. The van der Waals surface area contributed by atoms with E-state index in [1.54, 1.807) is 48.7 Å². The van der Waals surface area contributed by atoms with Gasteiger partial charge in [-0.1, -0.05) is 42.5 Å². The number of carboxylic acid groups (broad SMARTS) is 1. The van der Waals surface area contributed by atoms with Crippen molar-refractivity contribution in [2.24, 2.45) is 7.05 Å². The molecule has 0 atom stereocenters. The third kappa shape index (κ3) is 7.55. The van der Waals surface area contributed by atoms with Crippen LogP contribution in [0.15, 0.2) is 97.5 Å². The first-order valence-corrected chi connectivity index (χ1v) is 14.1. The van der Waals surface area contributed by atoms with Crippen molar-refractivity contribution >= 4 is 39.1 Å². The fraction of sp³-hybridized carbons (Fsp3) is 0.0270. The zero-order valence-electron chi connectivity index (χ0n) is 25.6. The molecule has 4 aromatic heterocycles. The minimum Gasteiger partial charge on any atom is -0.477 e. The van der Waals surface area contributed by atoms with Gasteiger partial charge >= 0.3 is 5.97 Å². The molecule has 249 valence electrons. The van der Waals surface area contributed by atoms with Gasteiger partial charge in [0.1, 0.15) is 5.69 Å². The number of nitrogens with zero attached hydrogens (tertiary/aromatic N) is 6. The third-order valence-electron chi connectivity index (χ3n) is 7.08. The fourth-order valence-corrected chi connectivity index (χ4v) is 4.75. The molecular formula is C37H20F4IrN6O2-2. The van der Waals surface area contributed by atoms with E-state index in [-0.39, 0.29) is 36.9 Å². The molecule has 3 aromatic carbocycles. The van der Waals surface area contributed by atoms with Crippen molar-refractivity contribution in [2.45, 2.75) is 0 Å². The number of hydrogen-bond donors (Lipinski definition) is 1. The summed E-state index contributed by atoms with van der Waals surface area (Å²) in [7, 11) is 1.95. The molecule has 0 aliphatic rings. The van der Waals surface area contributed by atoms with Crippen molar-refractivity contribution in [3.05, 3.63) is 161 Å². The van der Waals surface area contributed by atoms with E-state index >= 15 is 0 Å². The summed E-state index contributed by atoms with van der Waals surface area (Å²) < 4.78 is 55.5. The van der Waals surface area contributed by atoms with E-state index in [9.17, 15) is 22.4 Å². The predicted molar refractivity (Wildman–Crippen MR) is 175 cm³/mol. The first-order valence-electron chi connectivity index (χ1n) is 14.1. The van der Waals surface area contributed by atoms with Gasteiger partial charge in [-0.05, 0) is 35.7 Å². The van der Waals surface area contributed by atoms with Crippen LogP contribution in [0.4, 0.5) is 28.9 Å². The van der Waals surface area contributed by atoms with Crippen LogP contribution >= 0.6 is 0 Å². The second kappa shape index (κ2) is 16.2. The monoisotopic (exact) mass is 849 g/mol. The SMILES string of the molecule is Cn1c2ccccc2c2cc(C(=O)O)ncc21.[C-]#[N+]c1c(F)c[c-]c(-c2ccccn2)c1F.[C-]#[N+]c1c(F)c[c-]c(-c2ccccn2)c1F.[Ir]. The minimum atomic E-state index is -1.00. The van der Waals surface area contributed by atoms with E-state index in [0.29, 0.717) is 11.4 Å². The van der Waals surface area contributed by atoms with Crippen LogP contribution in [0.1, 0.15) is 10.5 Å². The molecule has 0 aliphatic carbocycles. The molecule has 7 aromatic rings. The number of benzene rings is 3. The molecule has 0 amide bonds. The van der Waals surface area contributed by atoms with Crippen molar-refractivity contribution in [1.82, 2.24) is 19.5 Å². The number of rotatable bonds is 3. The van der Waals surface area contributed by atoms with Crippen molar-refractivity contribution in [3.8, 4) is 22.5 Å². The summed E-state index contributed by atoms with van der Waals surface area (Å²) in [6.45, 7) is 13.4. The first kappa shape index (κ1) is 36.6. The van der Waals surface area contributed by atoms with Crippen LogP contribution in [-0.4, -0.2) is 30.6 Å². The van der Waals surface area contributed by atoms with Gasteiger partial charge in [0.05, 0.1) is 24.9 Å². The van der Waals surface area contributed by atoms with Gasteiger partial charge in [-0.2, -0.15) is 0 Å². The average molecular weight is 849 g/mol. The van der Waals surface area contributed by atoms with Gasteiger partial charge in [-0.25, -0.2) is 9.78 Å². The second-order valence-corrected chi connectivity index (χ2v) is 9.97. The van der Waals surface area contributed by atoms with Gasteiger partial charge in [0.2, 0.25) is 0 Å². The van der Waals surface area contributed by atoms with Crippen molar-refractivity contribution in [2.75, 3.05) is 0 Å². The maximum atomic E-state index is 13.7. The van der Waals surface area contributed by atoms with Crippen molar-refractivity contribution < 1.29 is 47.6 Å². The largest absolute Gasteiger partial charge is 0.477 e. The number of halogens is 4. The minimum absolute atomic E-state index is 0. The summed E-state index contributed by atoms with van der Waals surface area (Å²) in [6.07, 6.45) is 4.59. The Balaban J connectivity index is 0.000000167. The van der Waals surface area contributed by atoms with Crippen LogP contribution in [0.3, 0.4) is 0 Å². The molecule has 0 aliphatic heterocycles. The number of aromatic carboxylic acids is 1. The molecule has 8 nitrogen and oxygen atoms in total. The Bertz CT molecular complexity index is 2310. The fourth-order valence-electron chi connectivity index (χ4n) is 4.75. The van der Waals surface area contributed by atoms with E-state index in [0.717, 1.165) is 33.9 Å². The number of hydrogen-bond acceptors (Lipinski definition) is 4. The molecule has 1 N–H and O–H groups in total. The topological polar surface area (TPSA) is 89.6 Å². The molecule has 0 unspecified atom stereocenters. The van der Waals surface area contributed by atoms with E-state index in [4.69, 9.17) is 18.3 Å². The standard InChI is InChI=1S/C13H10N2O2.2C12H5F2N2.Ir/c1-15-11-5-3-2-4-8(11)9-6-10(13(16)17)14-7-12(9)15;2*1-15-12-9(13)6-5-8(11(12)14)10-4-2-3-7-16-10;/h2-7H,1H3,(H,16,17);2*2-4,6-7H;/q;2*-1;. The van der Waals surface area contributed by atoms with Crippen LogP contribution in [0.5, 0.6) is 0 Å². The zero-order valence-corrected chi connectivity index (χ0v) is 28.0. The predicted octanol–water partition coefficient (Wildman–Crippen LogP) is 9.18. The zero-order chi connectivity index (χ0) is 35.1. The van der Waals surface area contributed by atoms with Crippen LogP contribution in [0.2, 0.25) is 0 Å². The normalized spacial score (nSPS) is 10.1. The van der Waals surface area contributed by atoms with E-state index in [1.165, 1.54) is 12.4 Å². The quantitative estimate of drug-likeness (QED) is 0.142. The molecule has 13 heteroatoms. The van der Waals surface area contributed by atoms with Gasteiger partial charge in [0.15, 0.2) is 11.4 Å². The smallest absolute Gasteiger partial charge is 0.354 e. The summed E-state index contributed by atoms with van der Waals surface area (Å²) in [5.41, 5.74) is 1.51. The maximum Gasteiger partial charge on any atom is 0.354 e. The molecule has 0 fully saturated rings. The molecule has 0 saturated carbocycles. The molecule has 4 heterocycles. The summed E-state index contributed by atoms with van der Waals surface area (Å²) in [5, 5.41) is 10.9. The van der Waals surface area contributed by atoms with Crippen molar-refractivity contribution in [3.63, 3.8) is 0 Å². The van der Waals surface area contributed by atoms with Crippen LogP contribution in [0, 0.1) is 48.5 Å². The summed E-state index contributed by atoms with van der Waals surface area (Å²) in [5.74, 6) is -4.67. The Hall–Kier alpha value is -6.27. The summed E-state index contributed by atoms with van der Waals surface area (Å²) in [6, 6.07) is 26.2. The summed E-state index contributed by atoms with van der Waals surface area (Å²) in [4.78, 5) is 28.3. The van der Waals surface area contributed by atoms with Crippen LogP contribution < -0.4 is 0 Å². The van der Waals surface area contributed by atoms with Gasteiger partial charge in [0.25, 0.3) is 0 Å². The van der Waals surface area contributed by atoms with Gasteiger partial charge < -0.3 is 19.6 Å². The Morgan fingerprint density at radius 3 is 1.70 bits per heavy atom. The van der Waals surface area contributed by atoms with Crippen molar-refractivity contribution in [1.29, 1.82) is 0 Å². The Morgan fingerprint density at radius 2 is 1.24 bits per heavy atom.